The van der Waals surface area contributed by atoms with Crippen LogP contribution in [-0.2, 0) is 0 Å². The number of nitrogens with zero attached hydrogens (tertiary/aromatic N) is 2. The molecule has 0 amide bonds. The van der Waals surface area contributed by atoms with Gasteiger partial charge in [-0.3, -0.25) is 5.10 Å². The standard InChI is InChI=1S/C17H21N5O/c1-23-10-6-7-14-11(8-10)12-9-19-22-16(12)17(20-14)21-15-5-3-2-4-13(15)18/h6-9,13,15H,2-5,18H2,1H3,(H,19,22)(H,20,21)/t13-,15+/m0/s1. The number of hydrogen-bond donors (Lipinski definition) is 3. The summed E-state index contributed by atoms with van der Waals surface area (Å²) in [7, 11) is 1.67. The third-order valence-corrected chi connectivity index (χ3v) is 4.74. The van der Waals surface area contributed by atoms with Crippen molar-refractivity contribution < 1.29 is 4.74 Å². The zero-order valence-electron chi connectivity index (χ0n) is 13.2. The Morgan fingerprint density at radius 1 is 1.26 bits per heavy atom. The lowest BCUT2D eigenvalue weighted by Crippen LogP contribution is -2.42. The Morgan fingerprint density at radius 2 is 2.13 bits per heavy atom. The lowest BCUT2D eigenvalue weighted by molar-refractivity contribution is 0.403. The number of ether oxygens (including phenoxy) is 1. The van der Waals surface area contributed by atoms with Crippen molar-refractivity contribution in [1.82, 2.24) is 15.2 Å². The zero-order chi connectivity index (χ0) is 15.8. The third-order valence-electron chi connectivity index (χ3n) is 4.74. The van der Waals surface area contributed by atoms with Gasteiger partial charge in [0.2, 0.25) is 0 Å². The smallest absolute Gasteiger partial charge is 0.152 e. The number of pyridine rings is 1. The molecule has 2 aromatic heterocycles. The topological polar surface area (TPSA) is 88.9 Å². The fourth-order valence-corrected chi connectivity index (χ4v) is 3.42. The fraction of sp³-hybridized carbons (Fsp3) is 0.412. The van der Waals surface area contributed by atoms with Crippen LogP contribution in [0.4, 0.5) is 5.82 Å². The van der Waals surface area contributed by atoms with Crippen molar-refractivity contribution in [3.8, 4) is 5.75 Å². The Hall–Kier alpha value is -2.34. The molecule has 2 heterocycles. The van der Waals surface area contributed by atoms with Crippen molar-refractivity contribution in [3.05, 3.63) is 24.4 Å². The number of fused-ring (bicyclic) bond motifs is 3. The van der Waals surface area contributed by atoms with Gasteiger partial charge in [0.25, 0.3) is 0 Å². The van der Waals surface area contributed by atoms with Crippen LogP contribution in [0.15, 0.2) is 24.4 Å². The maximum atomic E-state index is 6.26. The summed E-state index contributed by atoms with van der Waals surface area (Å²) < 4.78 is 5.32. The van der Waals surface area contributed by atoms with Gasteiger partial charge in [-0.15, -0.1) is 0 Å². The van der Waals surface area contributed by atoms with Crippen LogP contribution in [0.2, 0.25) is 0 Å². The summed E-state index contributed by atoms with van der Waals surface area (Å²) in [5.74, 6) is 1.65. The van der Waals surface area contributed by atoms with Crippen LogP contribution in [-0.4, -0.2) is 34.4 Å². The van der Waals surface area contributed by atoms with Gasteiger partial charge in [0, 0.05) is 22.9 Å². The van der Waals surface area contributed by atoms with Gasteiger partial charge in [0.15, 0.2) is 5.82 Å². The predicted molar refractivity (Wildman–Crippen MR) is 91.8 cm³/mol. The van der Waals surface area contributed by atoms with Crippen LogP contribution in [0.3, 0.4) is 0 Å². The Morgan fingerprint density at radius 3 is 2.96 bits per heavy atom. The van der Waals surface area contributed by atoms with Gasteiger partial charge in [-0.25, -0.2) is 4.98 Å². The SMILES string of the molecule is COc1ccc2nc(N[C@@H]3CCCC[C@@H]3N)c3[nH]ncc3c2c1. The Bertz CT molecular complexity index is 843. The minimum absolute atomic E-state index is 0.176. The molecule has 0 unspecified atom stereocenters. The average molecular weight is 311 g/mol. The molecule has 23 heavy (non-hydrogen) atoms. The molecule has 6 heteroatoms. The van der Waals surface area contributed by atoms with Gasteiger partial charge in [-0.1, -0.05) is 12.8 Å². The molecule has 4 rings (SSSR count). The second kappa shape index (κ2) is 5.70. The van der Waals surface area contributed by atoms with Crippen molar-refractivity contribution in [1.29, 1.82) is 0 Å². The van der Waals surface area contributed by atoms with Crippen LogP contribution in [0.1, 0.15) is 25.7 Å². The second-order valence-electron chi connectivity index (χ2n) is 6.20. The van der Waals surface area contributed by atoms with Crippen molar-refractivity contribution in [2.24, 2.45) is 5.73 Å². The first-order valence-corrected chi connectivity index (χ1v) is 8.09. The summed E-state index contributed by atoms with van der Waals surface area (Å²) in [4.78, 5) is 4.79. The highest BCUT2D eigenvalue weighted by molar-refractivity contribution is 6.08. The van der Waals surface area contributed by atoms with E-state index in [4.69, 9.17) is 15.5 Å². The largest absolute Gasteiger partial charge is 0.497 e. The van der Waals surface area contributed by atoms with Crippen LogP contribution in [0.5, 0.6) is 5.75 Å². The Balaban J connectivity index is 1.81. The normalized spacial score (nSPS) is 21.7. The highest BCUT2D eigenvalue weighted by atomic mass is 16.5. The summed E-state index contributed by atoms with van der Waals surface area (Å²) in [6, 6.07) is 6.34. The van der Waals surface area contributed by atoms with E-state index in [1.165, 1.54) is 12.8 Å². The maximum absolute atomic E-state index is 6.26. The molecule has 3 aromatic rings. The van der Waals surface area contributed by atoms with E-state index in [0.717, 1.165) is 46.2 Å². The number of aromatic amines is 1. The predicted octanol–water partition coefficient (Wildman–Crippen LogP) is 2.80. The van der Waals surface area contributed by atoms with E-state index >= 15 is 0 Å². The number of nitrogens with two attached hydrogens (primary N) is 1. The maximum Gasteiger partial charge on any atom is 0.152 e. The second-order valence-corrected chi connectivity index (χ2v) is 6.20. The average Bonchev–Trinajstić information content (AvgIpc) is 3.07. The highest BCUT2D eigenvalue weighted by Crippen LogP contribution is 2.31. The van der Waals surface area contributed by atoms with E-state index in [9.17, 15) is 0 Å². The number of methoxy groups -OCH3 is 1. The van der Waals surface area contributed by atoms with Crippen molar-refractivity contribution >= 4 is 27.6 Å². The first-order valence-electron chi connectivity index (χ1n) is 8.09. The molecule has 120 valence electrons. The van der Waals surface area contributed by atoms with Gasteiger partial charge in [0.05, 0.1) is 18.8 Å². The van der Waals surface area contributed by atoms with Crippen molar-refractivity contribution in [2.75, 3.05) is 12.4 Å². The molecule has 0 saturated heterocycles. The van der Waals surface area contributed by atoms with E-state index in [1.807, 2.05) is 24.4 Å². The van der Waals surface area contributed by atoms with E-state index in [1.54, 1.807) is 7.11 Å². The molecule has 1 fully saturated rings. The van der Waals surface area contributed by atoms with Crippen LogP contribution >= 0.6 is 0 Å². The number of aromatic nitrogens is 3. The quantitative estimate of drug-likeness (QED) is 0.692. The lowest BCUT2D eigenvalue weighted by Gasteiger charge is -2.29. The number of benzene rings is 1. The Kier molecular flexibility index (Phi) is 3.53. The molecule has 1 aliphatic rings. The molecule has 6 nitrogen and oxygen atoms in total. The lowest BCUT2D eigenvalue weighted by atomic mass is 9.91. The van der Waals surface area contributed by atoms with E-state index < -0.39 is 0 Å². The van der Waals surface area contributed by atoms with Gasteiger partial charge in [0.1, 0.15) is 11.3 Å². The van der Waals surface area contributed by atoms with Crippen molar-refractivity contribution in [3.63, 3.8) is 0 Å². The molecule has 1 saturated carbocycles. The number of anilines is 1. The van der Waals surface area contributed by atoms with Gasteiger partial charge < -0.3 is 15.8 Å². The summed E-state index contributed by atoms with van der Waals surface area (Å²) in [6.45, 7) is 0. The summed E-state index contributed by atoms with van der Waals surface area (Å²) in [5.41, 5.74) is 8.11. The minimum Gasteiger partial charge on any atom is -0.497 e. The van der Waals surface area contributed by atoms with Gasteiger partial charge >= 0.3 is 0 Å². The fourth-order valence-electron chi connectivity index (χ4n) is 3.42. The molecule has 0 aliphatic heterocycles. The molecule has 1 aromatic carbocycles. The molecule has 4 N–H and O–H groups in total. The number of nitrogens with one attached hydrogen (secondary N) is 2. The first-order chi connectivity index (χ1) is 11.3. The summed E-state index contributed by atoms with van der Waals surface area (Å²) >= 11 is 0. The minimum atomic E-state index is 0.176. The number of H-pyrrole nitrogens is 1. The zero-order valence-corrected chi connectivity index (χ0v) is 13.2. The van der Waals surface area contributed by atoms with Crippen LogP contribution in [0.25, 0.3) is 21.8 Å². The van der Waals surface area contributed by atoms with Crippen LogP contribution < -0.4 is 15.8 Å². The monoisotopic (exact) mass is 311 g/mol. The van der Waals surface area contributed by atoms with Crippen molar-refractivity contribution in [2.45, 2.75) is 37.8 Å². The molecule has 0 bridgehead atoms. The summed E-state index contributed by atoms with van der Waals surface area (Å²) in [5, 5.41) is 12.9. The molecular formula is C17H21N5O. The van der Waals surface area contributed by atoms with Crippen LogP contribution in [0, 0.1) is 0 Å². The highest BCUT2D eigenvalue weighted by Gasteiger charge is 2.23. The molecule has 0 spiro atoms. The van der Waals surface area contributed by atoms with E-state index in [2.05, 4.69) is 15.5 Å². The van der Waals surface area contributed by atoms with E-state index in [0.29, 0.717) is 0 Å². The molecule has 2 atom stereocenters. The van der Waals surface area contributed by atoms with Gasteiger partial charge in [-0.2, -0.15) is 5.10 Å². The first kappa shape index (κ1) is 14.3. The molecular weight excluding hydrogens is 290 g/mol. The third kappa shape index (κ3) is 2.49. The van der Waals surface area contributed by atoms with E-state index in [-0.39, 0.29) is 12.1 Å². The molecule has 0 radical (unpaired) electrons. The molecule has 1 aliphatic carbocycles. The Labute approximate surface area is 134 Å². The number of rotatable bonds is 3. The summed E-state index contributed by atoms with van der Waals surface area (Å²) in [6.07, 6.45) is 6.41. The van der Waals surface area contributed by atoms with Gasteiger partial charge in [-0.05, 0) is 31.0 Å². The number of hydrogen-bond acceptors (Lipinski definition) is 5.